The summed E-state index contributed by atoms with van der Waals surface area (Å²) in [6, 6.07) is 10.4. The molecule has 0 saturated carbocycles. The third-order valence-corrected chi connectivity index (χ3v) is 5.78. The number of rotatable bonds is 7. The number of azo groups is 1. The number of nitrogens with zero attached hydrogens (tertiary/aromatic N) is 7. The number of ether oxygens (including phenoxy) is 1. The summed E-state index contributed by atoms with van der Waals surface area (Å²) >= 11 is 0. The molecule has 4 heterocycles. The van der Waals surface area contributed by atoms with Crippen molar-refractivity contribution in [2.24, 2.45) is 10.2 Å². The van der Waals surface area contributed by atoms with Gasteiger partial charge < -0.3 is 15.0 Å². The zero-order chi connectivity index (χ0) is 27.2. The Morgan fingerprint density at radius 1 is 0.949 bits per heavy atom. The third-order valence-electron chi connectivity index (χ3n) is 5.78. The highest BCUT2D eigenvalue weighted by Crippen LogP contribution is 2.35. The van der Waals surface area contributed by atoms with Gasteiger partial charge in [-0.05, 0) is 42.0 Å². The molecular weight excluding hydrogens is 516 g/mol. The highest BCUT2D eigenvalue weighted by molar-refractivity contribution is 5.71. The number of hydrogen-bond acceptors (Lipinski definition) is 9. The Morgan fingerprint density at radius 2 is 1.79 bits per heavy atom. The van der Waals surface area contributed by atoms with Crippen molar-refractivity contribution < 1.29 is 22.3 Å². The van der Waals surface area contributed by atoms with E-state index in [0.29, 0.717) is 48.8 Å². The van der Waals surface area contributed by atoms with E-state index in [-0.39, 0.29) is 24.0 Å². The molecule has 13 heteroatoms. The minimum atomic E-state index is -4.51. The number of pyridine rings is 2. The van der Waals surface area contributed by atoms with E-state index in [1.165, 1.54) is 12.4 Å². The molecule has 0 aliphatic carbocycles. The van der Waals surface area contributed by atoms with Gasteiger partial charge in [-0.25, -0.2) is 9.37 Å². The average molecular weight is 539 g/mol. The Kier molecular flexibility index (Phi) is 7.68. The number of aromatic nitrogens is 4. The first-order chi connectivity index (χ1) is 18.8. The van der Waals surface area contributed by atoms with Crippen LogP contribution in [-0.4, -0.2) is 46.2 Å². The monoisotopic (exact) mass is 538 g/mol. The van der Waals surface area contributed by atoms with E-state index in [0.717, 1.165) is 18.3 Å². The van der Waals surface area contributed by atoms with Crippen LogP contribution in [0.2, 0.25) is 0 Å². The Hall–Kier alpha value is -4.52. The molecule has 1 N–H and O–H groups in total. The quantitative estimate of drug-likeness (QED) is 0.229. The Labute approximate surface area is 220 Å². The molecule has 0 atom stereocenters. The highest BCUT2D eigenvalue weighted by atomic mass is 19.4. The van der Waals surface area contributed by atoms with Gasteiger partial charge in [0, 0.05) is 36.7 Å². The summed E-state index contributed by atoms with van der Waals surface area (Å²) in [4.78, 5) is 18.1. The Morgan fingerprint density at radius 3 is 2.51 bits per heavy atom. The van der Waals surface area contributed by atoms with Crippen LogP contribution in [0.25, 0.3) is 11.1 Å². The number of benzene rings is 1. The number of alkyl halides is 3. The van der Waals surface area contributed by atoms with E-state index < -0.39 is 17.6 Å². The van der Waals surface area contributed by atoms with Gasteiger partial charge in [-0.2, -0.15) is 23.3 Å². The molecular formula is C26H22F4N8O. The van der Waals surface area contributed by atoms with Gasteiger partial charge in [-0.3, -0.25) is 9.97 Å². The summed E-state index contributed by atoms with van der Waals surface area (Å²) in [6.07, 6.45) is 1.08. The van der Waals surface area contributed by atoms with Crippen LogP contribution in [0.15, 0.2) is 77.5 Å². The average Bonchev–Trinajstić information content (AvgIpc) is 2.95. The standard InChI is InChI=1S/C26H22F4N8O/c27-23-16-33-25(36-24(23)38-6-8-39-9-7-38)37-34-15-20-3-4-21(14-32-20)35-22-11-18(17-2-1-5-31-13-17)10-19(12-22)26(28,29)30/h1-5,10-14,16,35H,6-9,15H2. The summed E-state index contributed by atoms with van der Waals surface area (Å²) in [5.74, 6) is -0.379. The summed E-state index contributed by atoms with van der Waals surface area (Å²) in [7, 11) is 0. The van der Waals surface area contributed by atoms with Crippen LogP contribution in [0.5, 0.6) is 0 Å². The minimum Gasteiger partial charge on any atom is -0.378 e. The molecule has 9 nitrogen and oxygen atoms in total. The predicted octanol–water partition coefficient (Wildman–Crippen LogP) is 5.96. The van der Waals surface area contributed by atoms with Crippen molar-refractivity contribution in [1.82, 2.24) is 19.9 Å². The Balaban J connectivity index is 1.26. The fraction of sp³-hybridized carbons (Fsp3) is 0.231. The first kappa shape index (κ1) is 26.1. The third kappa shape index (κ3) is 6.68. The van der Waals surface area contributed by atoms with Crippen LogP contribution in [0.4, 0.5) is 40.7 Å². The second-order valence-electron chi connectivity index (χ2n) is 8.54. The van der Waals surface area contributed by atoms with Crippen molar-refractivity contribution in [3.8, 4) is 11.1 Å². The van der Waals surface area contributed by atoms with Gasteiger partial charge in [-0.1, -0.05) is 6.07 Å². The van der Waals surface area contributed by atoms with Gasteiger partial charge in [0.1, 0.15) is 6.54 Å². The molecule has 0 bridgehead atoms. The van der Waals surface area contributed by atoms with Crippen molar-refractivity contribution in [1.29, 1.82) is 0 Å². The van der Waals surface area contributed by atoms with Crippen molar-refractivity contribution in [3.05, 3.63) is 84.3 Å². The van der Waals surface area contributed by atoms with Crippen molar-refractivity contribution in [2.75, 3.05) is 36.5 Å². The van der Waals surface area contributed by atoms with Crippen molar-refractivity contribution in [3.63, 3.8) is 0 Å². The van der Waals surface area contributed by atoms with Crippen LogP contribution in [0.3, 0.4) is 0 Å². The summed E-state index contributed by atoms with van der Waals surface area (Å²) in [5.41, 5.74) is 1.46. The van der Waals surface area contributed by atoms with Gasteiger partial charge in [0.2, 0.25) is 0 Å². The molecule has 5 rings (SSSR count). The molecule has 0 unspecified atom stereocenters. The smallest absolute Gasteiger partial charge is 0.378 e. The summed E-state index contributed by atoms with van der Waals surface area (Å²) < 4.78 is 60.0. The molecule has 0 radical (unpaired) electrons. The van der Waals surface area contributed by atoms with E-state index in [2.05, 4.69) is 35.5 Å². The zero-order valence-electron chi connectivity index (χ0n) is 20.4. The minimum absolute atomic E-state index is 0.0187. The van der Waals surface area contributed by atoms with Crippen LogP contribution >= 0.6 is 0 Å². The van der Waals surface area contributed by atoms with E-state index in [9.17, 15) is 17.6 Å². The predicted molar refractivity (Wildman–Crippen MR) is 135 cm³/mol. The molecule has 1 fully saturated rings. The number of hydrogen-bond donors (Lipinski definition) is 1. The van der Waals surface area contributed by atoms with E-state index in [1.54, 1.807) is 41.4 Å². The van der Waals surface area contributed by atoms with E-state index >= 15 is 0 Å². The topological polar surface area (TPSA) is 101 Å². The second kappa shape index (κ2) is 11.5. The normalized spacial score (nSPS) is 14.1. The van der Waals surface area contributed by atoms with Gasteiger partial charge in [-0.15, -0.1) is 5.11 Å². The molecule has 3 aromatic heterocycles. The number of nitrogens with one attached hydrogen (secondary N) is 1. The van der Waals surface area contributed by atoms with Gasteiger partial charge in [0.05, 0.1) is 42.6 Å². The number of anilines is 3. The fourth-order valence-electron chi connectivity index (χ4n) is 3.89. The molecule has 200 valence electrons. The number of halogens is 4. The lowest BCUT2D eigenvalue weighted by molar-refractivity contribution is -0.137. The molecule has 1 aliphatic rings. The second-order valence-corrected chi connectivity index (χ2v) is 8.54. The molecule has 4 aromatic rings. The maximum Gasteiger partial charge on any atom is 0.416 e. The van der Waals surface area contributed by atoms with Gasteiger partial charge in [0.25, 0.3) is 5.95 Å². The lowest BCUT2D eigenvalue weighted by Crippen LogP contribution is -2.37. The van der Waals surface area contributed by atoms with Crippen molar-refractivity contribution >= 4 is 23.1 Å². The molecule has 39 heavy (non-hydrogen) atoms. The maximum atomic E-state index is 14.2. The molecule has 0 amide bonds. The lowest BCUT2D eigenvalue weighted by atomic mass is 10.0. The summed E-state index contributed by atoms with van der Waals surface area (Å²) in [6.45, 7) is 2.09. The van der Waals surface area contributed by atoms with Crippen molar-refractivity contribution in [2.45, 2.75) is 12.7 Å². The molecule has 0 spiro atoms. The van der Waals surface area contributed by atoms with Gasteiger partial charge in [0.15, 0.2) is 11.6 Å². The molecule has 1 aliphatic heterocycles. The van der Waals surface area contributed by atoms with Crippen LogP contribution < -0.4 is 10.2 Å². The lowest BCUT2D eigenvalue weighted by Gasteiger charge is -2.27. The maximum absolute atomic E-state index is 14.2. The fourth-order valence-corrected chi connectivity index (χ4v) is 3.89. The molecule has 1 saturated heterocycles. The van der Waals surface area contributed by atoms with Crippen LogP contribution in [0, 0.1) is 5.82 Å². The van der Waals surface area contributed by atoms with Gasteiger partial charge >= 0.3 is 6.18 Å². The number of morpholine rings is 1. The zero-order valence-corrected chi connectivity index (χ0v) is 20.4. The Bertz CT molecular complexity index is 1440. The van der Waals surface area contributed by atoms with Crippen LogP contribution in [0.1, 0.15) is 11.3 Å². The van der Waals surface area contributed by atoms with E-state index in [1.807, 2.05) is 0 Å². The first-order valence-electron chi connectivity index (χ1n) is 11.9. The summed E-state index contributed by atoms with van der Waals surface area (Å²) in [5, 5.41) is 11.0. The van der Waals surface area contributed by atoms with Crippen LogP contribution in [-0.2, 0) is 17.5 Å². The largest absolute Gasteiger partial charge is 0.416 e. The highest BCUT2D eigenvalue weighted by Gasteiger charge is 2.31. The van der Waals surface area contributed by atoms with E-state index in [4.69, 9.17) is 4.74 Å². The molecule has 1 aromatic carbocycles. The SMILES string of the molecule is Fc1cnc(N=NCc2ccc(Nc3cc(-c4cccnc4)cc(C(F)(F)F)c3)cn2)nc1N1CCOCC1. The first-order valence-corrected chi connectivity index (χ1v) is 11.9.